The normalized spacial score (nSPS) is 19.3. The molecule has 1 aromatic heterocycles. The van der Waals surface area contributed by atoms with Crippen LogP contribution in [0.15, 0.2) is 0 Å². The van der Waals surface area contributed by atoms with E-state index >= 15 is 0 Å². The first kappa shape index (κ1) is 13.3. The van der Waals surface area contributed by atoms with Gasteiger partial charge < -0.3 is 14.7 Å². The van der Waals surface area contributed by atoms with Gasteiger partial charge in [0, 0.05) is 19.7 Å². The standard InChI is InChI=1S/C11H17ClN4O2/c1-2-18-11-14-9(12)13-10(15-11)16-5-3-8(7-16)4-6-17/h8,17H,2-7H2,1H3. The van der Waals surface area contributed by atoms with E-state index in [1.807, 2.05) is 6.92 Å². The number of aliphatic hydroxyl groups excluding tert-OH is 1. The molecule has 6 nitrogen and oxygen atoms in total. The Kier molecular flexibility index (Phi) is 4.54. The summed E-state index contributed by atoms with van der Waals surface area (Å²) < 4.78 is 5.25. The maximum atomic E-state index is 8.94. The van der Waals surface area contributed by atoms with Crippen molar-refractivity contribution in [2.75, 3.05) is 31.2 Å². The zero-order valence-corrected chi connectivity index (χ0v) is 11.1. The van der Waals surface area contributed by atoms with Crippen molar-refractivity contribution >= 4 is 17.5 Å². The molecule has 1 N–H and O–H groups in total. The van der Waals surface area contributed by atoms with Gasteiger partial charge in [-0.05, 0) is 37.3 Å². The van der Waals surface area contributed by atoms with Crippen molar-refractivity contribution in [1.82, 2.24) is 15.0 Å². The molecule has 0 saturated carbocycles. The molecule has 0 radical (unpaired) electrons. The van der Waals surface area contributed by atoms with E-state index in [9.17, 15) is 0 Å². The number of aromatic nitrogens is 3. The summed E-state index contributed by atoms with van der Waals surface area (Å²) in [4.78, 5) is 14.3. The van der Waals surface area contributed by atoms with Crippen molar-refractivity contribution < 1.29 is 9.84 Å². The molecule has 0 amide bonds. The Morgan fingerprint density at radius 2 is 2.28 bits per heavy atom. The quantitative estimate of drug-likeness (QED) is 0.866. The number of ether oxygens (including phenoxy) is 1. The maximum Gasteiger partial charge on any atom is 0.322 e. The number of aliphatic hydroxyl groups is 1. The van der Waals surface area contributed by atoms with Gasteiger partial charge in [-0.25, -0.2) is 0 Å². The molecule has 1 aromatic rings. The minimum atomic E-state index is 0.147. The van der Waals surface area contributed by atoms with Crippen LogP contribution in [0.5, 0.6) is 6.01 Å². The fourth-order valence-corrected chi connectivity index (χ4v) is 2.24. The lowest BCUT2D eigenvalue weighted by Crippen LogP contribution is -2.23. The third-order valence-electron chi connectivity index (χ3n) is 2.96. The van der Waals surface area contributed by atoms with Crippen LogP contribution in [0.25, 0.3) is 0 Å². The largest absolute Gasteiger partial charge is 0.464 e. The molecule has 1 unspecified atom stereocenters. The van der Waals surface area contributed by atoms with Crippen LogP contribution in [0.3, 0.4) is 0 Å². The van der Waals surface area contributed by atoms with Crippen LogP contribution in [0.4, 0.5) is 5.95 Å². The topological polar surface area (TPSA) is 71.4 Å². The summed E-state index contributed by atoms with van der Waals surface area (Å²) in [5, 5.41) is 9.09. The lowest BCUT2D eigenvalue weighted by Gasteiger charge is -2.16. The van der Waals surface area contributed by atoms with Crippen LogP contribution in [0.1, 0.15) is 19.8 Å². The van der Waals surface area contributed by atoms with Gasteiger partial charge in [0.2, 0.25) is 11.2 Å². The summed E-state index contributed by atoms with van der Waals surface area (Å²) >= 11 is 5.85. The second-order valence-electron chi connectivity index (χ2n) is 4.23. The first-order chi connectivity index (χ1) is 8.72. The van der Waals surface area contributed by atoms with E-state index in [1.165, 1.54) is 0 Å². The van der Waals surface area contributed by atoms with E-state index in [2.05, 4.69) is 19.9 Å². The first-order valence-electron chi connectivity index (χ1n) is 6.13. The van der Waals surface area contributed by atoms with Gasteiger partial charge in [0.1, 0.15) is 0 Å². The smallest absolute Gasteiger partial charge is 0.322 e. The predicted molar refractivity (Wildman–Crippen MR) is 68.0 cm³/mol. The second kappa shape index (κ2) is 6.15. The van der Waals surface area contributed by atoms with Crippen molar-refractivity contribution in [1.29, 1.82) is 0 Å². The molecule has 0 aromatic carbocycles. The van der Waals surface area contributed by atoms with Crippen molar-refractivity contribution in [3.05, 3.63) is 5.28 Å². The van der Waals surface area contributed by atoms with Crippen LogP contribution in [-0.4, -0.2) is 46.4 Å². The zero-order chi connectivity index (χ0) is 13.0. The van der Waals surface area contributed by atoms with Gasteiger partial charge in [-0.1, -0.05) is 0 Å². The Morgan fingerprint density at radius 1 is 1.44 bits per heavy atom. The Bertz CT molecular complexity index is 405. The zero-order valence-electron chi connectivity index (χ0n) is 10.3. The molecule has 100 valence electrons. The molecule has 0 spiro atoms. The monoisotopic (exact) mass is 272 g/mol. The van der Waals surface area contributed by atoms with Gasteiger partial charge in [0.15, 0.2) is 0 Å². The van der Waals surface area contributed by atoms with Gasteiger partial charge in [-0.3, -0.25) is 0 Å². The molecule has 0 bridgehead atoms. The highest BCUT2D eigenvalue weighted by atomic mass is 35.5. The number of anilines is 1. The number of hydrogen-bond acceptors (Lipinski definition) is 6. The third kappa shape index (κ3) is 3.20. The summed E-state index contributed by atoms with van der Waals surface area (Å²) in [6.45, 7) is 4.29. The lowest BCUT2D eigenvalue weighted by atomic mass is 10.1. The van der Waals surface area contributed by atoms with Gasteiger partial charge in [-0.15, -0.1) is 0 Å². The summed E-state index contributed by atoms with van der Waals surface area (Å²) in [5.41, 5.74) is 0. The maximum absolute atomic E-state index is 8.94. The van der Waals surface area contributed by atoms with Gasteiger partial charge in [0.05, 0.1) is 6.61 Å². The molecular weight excluding hydrogens is 256 g/mol. The number of halogens is 1. The summed E-state index contributed by atoms with van der Waals surface area (Å²) in [5.74, 6) is 1.04. The average molecular weight is 273 g/mol. The van der Waals surface area contributed by atoms with Gasteiger partial charge in [-0.2, -0.15) is 15.0 Å². The highest BCUT2D eigenvalue weighted by Gasteiger charge is 2.24. The first-order valence-corrected chi connectivity index (χ1v) is 6.51. The highest BCUT2D eigenvalue weighted by Crippen LogP contribution is 2.24. The number of rotatable bonds is 5. The molecule has 0 aliphatic carbocycles. The third-order valence-corrected chi connectivity index (χ3v) is 3.12. The van der Waals surface area contributed by atoms with Crippen molar-refractivity contribution in [3.63, 3.8) is 0 Å². The van der Waals surface area contributed by atoms with Crippen molar-refractivity contribution in [2.24, 2.45) is 5.92 Å². The Balaban J connectivity index is 2.08. The van der Waals surface area contributed by atoms with E-state index in [0.29, 0.717) is 18.5 Å². The molecular formula is C11H17ClN4O2. The van der Waals surface area contributed by atoms with Crippen molar-refractivity contribution in [3.8, 4) is 6.01 Å². The van der Waals surface area contributed by atoms with Crippen LogP contribution < -0.4 is 9.64 Å². The van der Waals surface area contributed by atoms with E-state index in [1.54, 1.807) is 0 Å². The Hall–Kier alpha value is -1.14. The molecule has 1 fully saturated rings. The van der Waals surface area contributed by atoms with Crippen molar-refractivity contribution in [2.45, 2.75) is 19.8 Å². The van der Waals surface area contributed by atoms with E-state index < -0.39 is 0 Å². The minimum absolute atomic E-state index is 0.147. The van der Waals surface area contributed by atoms with E-state index in [-0.39, 0.29) is 17.9 Å². The van der Waals surface area contributed by atoms with Gasteiger partial charge >= 0.3 is 6.01 Å². The molecule has 2 rings (SSSR count). The molecule has 1 atom stereocenters. The molecule has 1 aliphatic rings. The lowest BCUT2D eigenvalue weighted by molar-refractivity contribution is 0.263. The van der Waals surface area contributed by atoms with Crippen LogP contribution in [0, 0.1) is 5.92 Å². The minimum Gasteiger partial charge on any atom is -0.464 e. The fraction of sp³-hybridized carbons (Fsp3) is 0.727. The summed E-state index contributed by atoms with van der Waals surface area (Å²) in [6.07, 6.45) is 1.85. The van der Waals surface area contributed by atoms with Gasteiger partial charge in [0.25, 0.3) is 0 Å². The summed E-state index contributed by atoms with van der Waals surface area (Å²) in [6, 6.07) is 0.262. The predicted octanol–water partition coefficient (Wildman–Crippen LogP) is 1.13. The van der Waals surface area contributed by atoms with E-state index in [0.717, 1.165) is 25.9 Å². The number of nitrogens with zero attached hydrogens (tertiary/aromatic N) is 4. The highest BCUT2D eigenvalue weighted by molar-refractivity contribution is 6.28. The molecule has 1 aliphatic heterocycles. The second-order valence-corrected chi connectivity index (χ2v) is 4.57. The molecule has 2 heterocycles. The van der Waals surface area contributed by atoms with Crippen LogP contribution in [-0.2, 0) is 0 Å². The SMILES string of the molecule is CCOc1nc(Cl)nc(N2CCC(CCO)C2)n1. The van der Waals surface area contributed by atoms with Crippen LogP contribution >= 0.6 is 11.6 Å². The molecule has 1 saturated heterocycles. The molecule has 7 heteroatoms. The number of hydrogen-bond donors (Lipinski definition) is 1. The Morgan fingerprint density at radius 3 is 3.00 bits per heavy atom. The van der Waals surface area contributed by atoms with E-state index in [4.69, 9.17) is 21.4 Å². The summed E-state index contributed by atoms with van der Waals surface area (Å²) in [7, 11) is 0. The molecule has 18 heavy (non-hydrogen) atoms. The van der Waals surface area contributed by atoms with Crippen LogP contribution in [0.2, 0.25) is 5.28 Å². The fourth-order valence-electron chi connectivity index (χ4n) is 2.09. The Labute approximate surface area is 111 Å². The average Bonchev–Trinajstić information content (AvgIpc) is 2.78.